The molecule has 0 saturated heterocycles. The summed E-state index contributed by atoms with van der Waals surface area (Å²) in [5, 5.41) is 12.4. The molecule has 6 nitrogen and oxygen atoms in total. The molecule has 0 aliphatic carbocycles. The maximum Gasteiger partial charge on any atom is 0.294 e. The highest BCUT2D eigenvalue weighted by Gasteiger charge is 2.31. The summed E-state index contributed by atoms with van der Waals surface area (Å²) in [6.45, 7) is 3.83. The fraction of sp³-hybridized carbons (Fsp3) is 0.438. The van der Waals surface area contributed by atoms with Crippen LogP contribution >= 0.6 is 11.3 Å². The molecule has 0 spiro atoms. The van der Waals surface area contributed by atoms with Crippen LogP contribution in [0.3, 0.4) is 0 Å². The molecule has 122 valence electrons. The van der Waals surface area contributed by atoms with Crippen molar-refractivity contribution in [2.75, 3.05) is 13.7 Å². The summed E-state index contributed by atoms with van der Waals surface area (Å²) >= 11 is 1.44. The van der Waals surface area contributed by atoms with Gasteiger partial charge in [0.15, 0.2) is 0 Å². The van der Waals surface area contributed by atoms with Gasteiger partial charge < -0.3 is 10.1 Å². The lowest BCUT2D eigenvalue weighted by atomic mass is 9.93. The molecule has 7 heteroatoms. The average Bonchev–Trinajstić information content (AvgIpc) is 3.01. The van der Waals surface area contributed by atoms with Gasteiger partial charge in [-0.05, 0) is 24.5 Å². The summed E-state index contributed by atoms with van der Waals surface area (Å²) in [5.74, 6) is 0.0362. The topological polar surface area (TPSA) is 67.4 Å². The normalized spacial score (nSPS) is 17.6. The van der Waals surface area contributed by atoms with Gasteiger partial charge >= 0.3 is 0 Å². The van der Waals surface area contributed by atoms with E-state index in [-0.39, 0.29) is 11.9 Å². The number of nitrogens with zero attached hydrogens (tertiary/aromatic N) is 3. The second-order valence-corrected chi connectivity index (χ2v) is 6.43. The molecule has 0 unspecified atom stereocenters. The van der Waals surface area contributed by atoms with Crippen LogP contribution in [0.15, 0.2) is 24.3 Å². The van der Waals surface area contributed by atoms with E-state index in [1.54, 1.807) is 7.05 Å². The molecular weight excluding hydrogens is 312 g/mol. The molecule has 0 saturated carbocycles. The van der Waals surface area contributed by atoms with Gasteiger partial charge in [-0.1, -0.05) is 35.6 Å². The molecule has 1 aliphatic heterocycles. The molecule has 0 fully saturated rings. The summed E-state index contributed by atoms with van der Waals surface area (Å²) in [6.07, 6.45) is 0.715. The number of carbonyl (C=O) groups is 1. The molecule has 2 aromatic rings. The molecule has 0 bridgehead atoms. The minimum Gasteiger partial charge on any atom is -0.469 e. The molecule has 1 atom stereocenters. The number of amides is 1. The molecule has 2 heterocycles. The van der Waals surface area contributed by atoms with Gasteiger partial charge in [-0.15, -0.1) is 10.2 Å². The second kappa shape index (κ2) is 7.06. The third-order valence-corrected chi connectivity index (χ3v) is 4.77. The maximum atomic E-state index is 12.3. The van der Waals surface area contributed by atoms with Gasteiger partial charge in [0.2, 0.25) is 5.91 Å². The molecule has 23 heavy (non-hydrogen) atoms. The van der Waals surface area contributed by atoms with Gasteiger partial charge in [0.25, 0.3) is 5.19 Å². The SMILES string of the molecule is CCOc1nnc(CN2Cc3ccccc3C[C@H]2C(=O)NC)s1. The lowest BCUT2D eigenvalue weighted by Gasteiger charge is -2.35. The average molecular weight is 332 g/mol. The van der Waals surface area contributed by atoms with Crippen molar-refractivity contribution >= 4 is 17.2 Å². The van der Waals surface area contributed by atoms with Crippen molar-refractivity contribution < 1.29 is 9.53 Å². The zero-order valence-corrected chi connectivity index (χ0v) is 14.1. The number of aromatic nitrogens is 2. The predicted octanol–water partition coefficient (Wildman–Crippen LogP) is 1.61. The zero-order chi connectivity index (χ0) is 16.2. The second-order valence-electron chi connectivity index (χ2n) is 5.40. The summed E-state index contributed by atoms with van der Waals surface area (Å²) in [5.41, 5.74) is 2.51. The Balaban J connectivity index is 1.81. The van der Waals surface area contributed by atoms with E-state index in [0.717, 1.165) is 11.6 Å². The van der Waals surface area contributed by atoms with E-state index in [1.807, 2.05) is 19.1 Å². The highest BCUT2D eigenvalue weighted by molar-refractivity contribution is 7.13. The van der Waals surface area contributed by atoms with Gasteiger partial charge in [-0.25, -0.2) is 0 Å². The first-order chi connectivity index (χ1) is 11.2. The monoisotopic (exact) mass is 332 g/mol. The third-order valence-electron chi connectivity index (χ3n) is 3.95. The summed E-state index contributed by atoms with van der Waals surface area (Å²) in [7, 11) is 1.68. The van der Waals surface area contributed by atoms with E-state index in [4.69, 9.17) is 4.74 Å². The van der Waals surface area contributed by atoms with E-state index in [0.29, 0.717) is 24.8 Å². The van der Waals surface area contributed by atoms with Crippen molar-refractivity contribution in [3.63, 3.8) is 0 Å². The van der Waals surface area contributed by atoms with E-state index in [2.05, 4.69) is 32.5 Å². The van der Waals surface area contributed by atoms with Crippen LogP contribution in [0.4, 0.5) is 0 Å². The van der Waals surface area contributed by atoms with Crippen molar-refractivity contribution in [1.82, 2.24) is 20.4 Å². The van der Waals surface area contributed by atoms with Gasteiger partial charge in [-0.3, -0.25) is 9.69 Å². The fourth-order valence-corrected chi connectivity index (χ4v) is 3.60. The van der Waals surface area contributed by atoms with Gasteiger partial charge in [0, 0.05) is 13.6 Å². The Labute approximate surface area is 139 Å². The Morgan fingerprint density at radius 3 is 2.91 bits per heavy atom. The van der Waals surface area contributed by atoms with Crippen LogP contribution in [0, 0.1) is 0 Å². The van der Waals surface area contributed by atoms with Crippen molar-refractivity contribution in [2.24, 2.45) is 0 Å². The van der Waals surface area contributed by atoms with Crippen LogP contribution in [0.5, 0.6) is 5.19 Å². The van der Waals surface area contributed by atoms with E-state index >= 15 is 0 Å². The summed E-state index contributed by atoms with van der Waals surface area (Å²) < 4.78 is 5.37. The molecule has 1 aromatic carbocycles. The highest BCUT2D eigenvalue weighted by Crippen LogP contribution is 2.27. The number of rotatable bonds is 5. The number of hydrogen-bond acceptors (Lipinski definition) is 6. The first-order valence-corrected chi connectivity index (χ1v) is 8.50. The maximum absolute atomic E-state index is 12.3. The van der Waals surface area contributed by atoms with E-state index in [9.17, 15) is 4.79 Å². The number of hydrogen-bond donors (Lipinski definition) is 1. The Kier molecular flexibility index (Phi) is 4.88. The Hall–Kier alpha value is -1.99. The Morgan fingerprint density at radius 1 is 1.39 bits per heavy atom. The molecule has 1 N–H and O–H groups in total. The van der Waals surface area contributed by atoms with Gasteiger partial charge in [-0.2, -0.15) is 0 Å². The van der Waals surface area contributed by atoms with Crippen molar-refractivity contribution in [1.29, 1.82) is 0 Å². The zero-order valence-electron chi connectivity index (χ0n) is 13.3. The summed E-state index contributed by atoms with van der Waals surface area (Å²) in [4.78, 5) is 14.4. The number of benzene rings is 1. The van der Waals surface area contributed by atoms with E-state index < -0.39 is 0 Å². The van der Waals surface area contributed by atoms with E-state index in [1.165, 1.54) is 22.5 Å². The minimum absolute atomic E-state index is 0.0362. The van der Waals surface area contributed by atoms with Crippen LogP contribution in [0.2, 0.25) is 0 Å². The van der Waals surface area contributed by atoms with Gasteiger partial charge in [0.05, 0.1) is 19.2 Å². The van der Waals surface area contributed by atoms with Crippen LogP contribution in [-0.4, -0.2) is 40.7 Å². The summed E-state index contributed by atoms with van der Waals surface area (Å²) in [6, 6.07) is 8.09. The van der Waals surface area contributed by atoms with Crippen LogP contribution < -0.4 is 10.1 Å². The van der Waals surface area contributed by atoms with Crippen LogP contribution in [0.1, 0.15) is 23.1 Å². The number of nitrogens with one attached hydrogen (secondary N) is 1. The highest BCUT2D eigenvalue weighted by atomic mass is 32.1. The number of ether oxygens (including phenoxy) is 1. The lowest BCUT2D eigenvalue weighted by Crippen LogP contribution is -2.49. The molecule has 1 aliphatic rings. The molecule has 1 aromatic heterocycles. The molecule has 3 rings (SSSR count). The molecule has 1 amide bonds. The first-order valence-electron chi connectivity index (χ1n) is 7.69. The van der Waals surface area contributed by atoms with Crippen molar-refractivity contribution in [3.05, 3.63) is 40.4 Å². The smallest absolute Gasteiger partial charge is 0.294 e. The number of likely N-dealkylation sites (N-methyl/N-ethyl adjacent to an activating group) is 1. The van der Waals surface area contributed by atoms with Gasteiger partial charge in [0.1, 0.15) is 5.01 Å². The minimum atomic E-state index is -0.186. The predicted molar refractivity (Wildman–Crippen MR) is 88.3 cm³/mol. The molecule has 0 radical (unpaired) electrons. The molecular formula is C16H20N4O2S. The van der Waals surface area contributed by atoms with Crippen LogP contribution in [-0.2, 0) is 24.3 Å². The van der Waals surface area contributed by atoms with Crippen LogP contribution in [0.25, 0.3) is 0 Å². The number of fused-ring (bicyclic) bond motifs is 1. The van der Waals surface area contributed by atoms with Crippen molar-refractivity contribution in [2.45, 2.75) is 32.5 Å². The van der Waals surface area contributed by atoms with Crippen molar-refractivity contribution in [3.8, 4) is 5.19 Å². The Morgan fingerprint density at radius 2 is 2.17 bits per heavy atom. The Bertz CT molecular complexity index is 688. The number of carbonyl (C=O) groups excluding carboxylic acids is 1. The quantitative estimate of drug-likeness (QED) is 0.901. The first kappa shape index (κ1) is 15.9. The fourth-order valence-electron chi connectivity index (χ4n) is 2.83. The third kappa shape index (κ3) is 3.51. The largest absolute Gasteiger partial charge is 0.469 e. The lowest BCUT2D eigenvalue weighted by molar-refractivity contribution is -0.126. The standard InChI is InChI=1S/C16H20N4O2S/c1-3-22-16-19-18-14(23-16)10-20-9-12-7-5-4-6-11(12)8-13(20)15(21)17-2/h4-7,13H,3,8-10H2,1-2H3,(H,17,21)/t13-/m0/s1.